The van der Waals surface area contributed by atoms with Crippen molar-refractivity contribution in [2.75, 3.05) is 19.9 Å². The summed E-state index contributed by atoms with van der Waals surface area (Å²) in [6.45, 7) is 1.85. The van der Waals surface area contributed by atoms with Crippen LogP contribution >= 0.6 is 11.3 Å². The number of nitrogens with one attached hydrogen (secondary N) is 2. The molecule has 3 heterocycles. The van der Waals surface area contributed by atoms with Gasteiger partial charge in [-0.05, 0) is 42.5 Å². The van der Waals surface area contributed by atoms with Crippen molar-refractivity contribution >= 4 is 29.2 Å². The van der Waals surface area contributed by atoms with Crippen molar-refractivity contribution in [2.45, 2.75) is 18.9 Å². The Kier molecular flexibility index (Phi) is 4.68. The second kappa shape index (κ2) is 7.16. The minimum Gasteiger partial charge on any atom is -0.454 e. The molecule has 8 nitrogen and oxygen atoms in total. The molecule has 2 aliphatic heterocycles. The monoisotopic (exact) mass is 401 g/mol. The molecule has 1 aromatic heterocycles. The highest BCUT2D eigenvalue weighted by Gasteiger charge is 2.49. The highest BCUT2D eigenvalue weighted by Crippen LogP contribution is 2.37. The maximum Gasteiger partial charge on any atom is 0.325 e. The highest BCUT2D eigenvalue weighted by atomic mass is 32.1. The SMILES string of the molecule is C[C@@]1(c2ccc3c(c2)OCO3)NC(=O)N(CC(=O)NCCc2cccs2)C1=O. The zero-order chi connectivity index (χ0) is 19.7. The highest BCUT2D eigenvalue weighted by molar-refractivity contribution is 7.09. The van der Waals surface area contributed by atoms with Gasteiger partial charge in [-0.1, -0.05) is 12.1 Å². The molecule has 2 aromatic rings. The van der Waals surface area contributed by atoms with E-state index in [9.17, 15) is 14.4 Å². The van der Waals surface area contributed by atoms with Crippen molar-refractivity contribution in [1.29, 1.82) is 0 Å². The smallest absolute Gasteiger partial charge is 0.325 e. The third-order valence-electron chi connectivity index (χ3n) is 4.80. The fourth-order valence-electron chi connectivity index (χ4n) is 3.22. The number of rotatable bonds is 6. The lowest BCUT2D eigenvalue weighted by atomic mass is 9.91. The van der Waals surface area contributed by atoms with Crippen molar-refractivity contribution in [1.82, 2.24) is 15.5 Å². The number of urea groups is 1. The van der Waals surface area contributed by atoms with Crippen LogP contribution in [0.1, 0.15) is 17.4 Å². The van der Waals surface area contributed by atoms with Crippen LogP contribution in [0.3, 0.4) is 0 Å². The second-order valence-electron chi connectivity index (χ2n) is 6.69. The van der Waals surface area contributed by atoms with Gasteiger partial charge in [0.15, 0.2) is 11.5 Å². The second-order valence-corrected chi connectivity index (χ2v) is 7.73. The Morgan fingerprint density at radius 3 is 2.89 bits per heavy atom. The van der Waals surface area contributed by atoms with Crippen molar-refractivity contribution < 1.29 is 23.9 Å². The van der Waals surface area contributed by atoms with Crippen LogP contribution in [0.4, 0.5) is 4.79 Å². The van der Waals surface area contributed by atoms with Gasteiger partial charge in [0, 0.05) is 11.4 Å². The molecule has 1 fully saturated rings. The molecule has 1 aromatic carbocycles. The zero-order valence-corrected chi connectivity index (χ0v) is 16.0. The van der Waals surface area contributed by atoms with Crippen LogP contribution in [0, 0.1) is 0 Å². The van der Waals surface area contributed by atoms with E-state index in [2.05, 4.69) is 10.6 Å². The molecular weight excluding hydrogens is 382 g/mol. The number of fused-ring (bicyclic) bond motifs is 1. The molecule has 1 saturated heterocycles. The summed E-state index contributed by atoms with van der Waals surface area (Å²) in [5, 5.41) is 7.41. The molecule has 1 atom stereocenters. The van der Waals surface area contributed by atoms with E-state index >= 15 is 0 Å². The van der Waals surface area contributed by atoms with E-state index < -0.39 is 17.5 Å². The van der Waals surface area contributed by atoms with Gasteiger partial charge in [-0.2, -0.15) is 0 Å². The van der Waals surface area contributed by atoms with E-state index in [0.717, 1.165) is 9.78 Å². The van der Waals surface area contributed by atoms with Crippen LogP contribution in [0.5, 0.6) is 11.5 Å². The molecule has 4 amide bonds. The molecule has 2 N–H and O–H groups in total. The number of hydrogen-bond acceptors (Lipinski definition) is 6. The van der Waals surface area contributed by atoms with Gasteiger partial charge in [0.2, 0.25) is 12.7 Å². The lowest BCUT2D eigenvalue weighted by Gasteiger charge is -2.22. The van der Waals surface area contributed by atoms with E-state index in [-0.39, 0.29) is 19.2 Å². The summed E-state index contributed by atoms with van der Waals surface area (Å²) in [5.74, 6) is 0.247. The molecular formula is C19H19N3O5S. The normalized spacial score (nSPS) is 20.4. The van der Waals surface area contributed by atoms with E-state index in [1.165, 1.54) is 0 Å². The van der Waals surface area contributed by atoms with E-state index in [1.54, 1.807) is 36.5 Å². The summed E-state index contributed by atoms with van der Waals surface area (Å²) < 4.78 is 10.6. The molecule has 4 rings (SSSR count). The third-order valence-corrected chi connectivity index (χ3v) is 5.74. The number of thiophene rings is 1. The molecule has 0 spiro atoms. The number of nitrogens with zero attached hydrogens (tertiary/aromatic N) is 1. The average Bonchev–Trinajstić information content (AvgIpc) is 3.39. The number of imide groups is 1. The van der Waals surface area contributed by atoms with Crippen LogP contribution in [0.25, 0.3) is 0 Å². The molecule has 146 valence electrons. The Morgan fingerprint density at radius 1 is 1.29 bits per heavy atom. The van der Waals surface area contributed by atoms with Gasteiger partial charge >= 0.3 is 6.03 Å². The van der Waals surface area contributed by atoms with E-state index in [1.807, 2.05) is 17.5 Å². The minimum atomic E-state index is -1.27. The van der Waals surface area contributed by atoms with Crippen LogP contribution in [0.2, 0.25) is 0 Å². The van der Waals surface area contributed by atoms with Crippen LogP contribution in [-0.4, -0.2) is 42.6 Å². The zero-order valence-electron chi connectivity index (χ0n) is 15.2. The van der Waals surface area contributed by atoms with Gasteiger partial charge in [0.1, 0.15) is 12.1 Å². The summed E-state index contributed by atoms with van der Waals surface area (Å²) in [7, 11) is 0. The Balaban J connectivity index is 1.41. The van der Waals surface area contributed by atoms with Crippen LogP contribution < -0.4 is 20.1 Å². The Hall–Kier alpha value is -3.07. The molecule has 9 heteroatoms. The van der Waals surface area contributed by atoms with Crippen molar-refractivity contribution in [2.24, 2.45) is 0 Å². The summed E-state index contributed by atoms with van der Waals surface area (Å²) >= 11 is 1.61. The lowest BCUT2D eigenvalue weighted by Crippen LogP contribution is -2.43. The Morgan fingerprint density at radius 2 is 2.11 bits per heavy atom. The first kappa shape index (κ1) is 18.3. The van der Waals surface area contributed by atoms with Crippen molar-refractivity contribution in [3.8, 4) is 11.5 Å². The molecule has 2 aliphatic rings. The molecule has 0 radical (unpaired) electrons. The minimum absolute atomic E-state index is 0.119. The predicted molar refractivity (Wildman–Crippen MR) is 101 cm³/mol. The number of benzene rings is 1. The average molecular weight is 401 g/mol. The summed E-state index contributed by atoms with van der Waals surface area (Å²) in [6, 6.07) is 8.42. The van der Waals surface area contributed by atoms with Crippen molar-refractivity contribution in [3.63, 3.8) is 0 Å². The molecule has 28 heavy (non-hydrogen) atoms. The quantitative estimate of drug-likeness (QED) is 0.717. The number of ether oxygens (including phenoxy) is 2. The fourth-order valence-corrected chi connectivity index (χ4v) is 3.93. The van der Waals surface area contributed by atoms with Gasteiger partial charge in [-0.3, -0.25) is 14.5 Å². The van der Waals surface area contributed by atoms with Gasteiger partial charge in [0.25, 0.3) is 5.91 Å². The molecule has 0 saturated carbocycles. The van der Waals surface area contributed by atoms with Gasteiger partial charge in [-0.25, -0.2) is 4.79 Å². The molecule has 0 bridgehead atoms. The summed E-state index contributed by atoms with van der Waals surface area (Å²) in [5.41, 5.74) is -0.703. The van der Waals surface area contributed by atoms with Gasteiger partial charge < -0.3 is 20.1 Å². The number of carbonyl (C=O) groups is 3. The third kappa shape index (κ3) is 3.29. The largest absolute Gasteiger partial charge is 0.454 e. The first-order chi connectivity index (χ1) is 13.5. The van der Waals surface area contributed by atoms with Gasteiger partial charge in [-0.15, -0.1) is 11.3 Å². The topological polar surface area (TPSA) is 97.0 Å². The summed E-state index contributed by atoms with van der Waals surface area (Å²) in [6.07, 6.45) is 0.707. The standard InChI is InChI=1S/C19H19N3O5S/c1-19(12-4-5-14-15(9-12)27-11-26-14)17(24)22(18(25)21-19)10-16(23)20-7-6-13-3-2-8-28-13/h2-5,8-9H,6-7,10-11H2,1H3,(H,20,23)(H,21,25)/t19-/m0/s1. The van der Waals surface area contributed by atoms with Crippen LogP contribution in [0.15, 0.2) is 35.7 Å². The van der Waals surface area contributed by atoms with E-state index in [0.29, 0.717) is 30.0 Å². The fraction of sp³-hybridized carbons (Fsp3) is 0.316. The molecule has 0 unspecified atom stereocenters. The number of amides is 4. The predicted octanol–water partition coefficient (Wildman–Crippen LogP) is 1.60. The van der Waals surface area contributed by atoms with Crippen LogP contribution in [-0.2, 0) is 21.5 Å². The van der Waals surface area contributed by atoms with Crippen molar-refractivity contribution in [3.05, 3.63) is 46.2 Å². The first-order valence-corrected chi connectivity index (χ1v) is 9.68. The molecule has 0 aliphatic carbocycles. The Labute approximate surface area is 165 Å². The number of hydrogen-bond donors (Lipinski definition) is 2. The lowest BCUT2D eigenvalue weighted by molar-refractivity contribution is -0.134. The van der Waals surface area contributed by atoms with Gasteiger partial charge in [0.05, 0.1) is 0 Å². The summed E-state index contributed by atoms with van der Waals surface area (Å²) in [4.78, 5) is 39.6. The maximum atomic E-state index is 12.9. The van der Waals surface area contributed by atoms with E-state index in [4.69, 9.17) is 9.47 Å². The number of carbonyl (C=O) groups excluding carboxylic acids is 3. The Bertz CT molecular complexity index is 930. The first-order valence-electron chi connectivity index (χ1n) is 8.81. The maximum absolute atomic E-state index is 12.9.